The molecule has 0 fully saturated rings. The lowest BCUT2D eigenvalue weighted by atomic mass is 10.2. The lowest BCUT2D eigenvalue weighted by Crippen LogP contribution is -2.35. The lowest BCUT2D eigenvalue weighted by Gasteiger charge is -2.14. The molecule has 0 aliphatic carbocycles. The van der Waals surface area contributed by atoms with Gasteiger partial charge in [-0.05, 0) is 36.4 Å². The van der Waals surface area contributed by atoms with E-state index in [9.17, 15) is 4.79 Å². The maximum Gasteiger partial charge on any atom is 0.287 e. The molecule has 0 aliphatic heterocycles. The van der Waals surface area contributed by atoms with Gasteiger partial charge in [-0.25, -0.2) is 0 Å². The Hall–Kier alpha value is -0.610. The molecule has 0 bridgehead atoms. The Morgan fingerprint density at radius 2 is 2.40 bits per heavy atom. The molecule has 1 rings (SSSR count). The Labute approximate surface area is 98.6 Å². The van der Waals surface area contributed by atoms with Gasteiger partial charge in [0, 0.05) is 11.8 Å². The van der Waals surface area contributed by atoms with Gasteiger partial charge in [-0.3, -0.25) is 4.79 Å². The smallest absolute Gasteiger partial charge is 0.287 e. The van der Waals surface area contributed by atoms with Crippen LogP contribution in [-0.4, -0.2) is 24.0 Å². The fraction of sp³-hybridized carbons (Fsp3) is 0.500. The van der Waals surface area contributed by atoms with Crippen molar-refractivity contribution in [3.8, 4) is 0 Å². The molecule has 5 heteroatoms. The largest absolute Gasteiger partial charge is 0.440 e. The highest BCUT2D eigenvalue weighted by atomic mass is 35.5. The van der Waals surface area contributed by atoms with E-state index in [1.807, 2.05) is 13.2 Å². The van der Waals surface area contributed by atoms with Crippen molar-refractivity contribution < 1.29 is 9.21 Å². The molecule has 15 heavy (non-hydrogen) atoms. The second kappa shape index (κ2) is 6.08. The molecule has 1 atom stereocenters. The van der Waals surface area contributed by atoms with E-state index in [0.717, 1.165) is 12.2 Å². The zero-order valence-corrected chi connectivity index (χ0v) is 10.3. The van der Waals surface area contributed by atoms with Gasteiger partial charge in [-0.1, -0.05) is 6.92 Å². The summed E-state index contributed by atoms with van der Waals surface area (Å²) in [4.78, 5) is 11.6. The third kappa shape index (κ3) is 3.80. The lowest BCUT2D eigenvalue weighted by molar-refractivity contribution is 0.0912. The van der Waals surface area contributed by atoms with E-state index in [0.29, 0.717) is 0 Å². The highest BCUT2D eigenvalue weighted by Gasteiger charge is 2.14. The van der Waals surface area contributed by atoms with Crippen LogP contribution in [0, 0.1) is 0 Å². The van der Waals surface area contributed by atoms with Crippen LogP contribution in [0.15, 0.2) is 16.5 Å². The van der Waals surface area contributed by atoms with E-state index < -0.39 is 0 Å². The van der Waals surface area contributed by atoms with Gasteiger partial charge in [0.25, 0.3) is 5.91 Å². The molecule has 3 nitrogen and oxygen atoms in total. The van der Waals surface area contributed by atoms with Crippen LogP contribution < -0.4 is 5.32 Å². The number of carbonyl (C=O) groups excluding carboxylic acids is 1. The summed E-state index contributed by atoms with van der Waals surface area (Å²) in [6, 6.07) is 3.31. The molecule has 0 aliphatic rings. The number of amides is 1. The Kier molecular flexibility index (Phi) is 5.05. The first-order valence-corrected chi connectivity index (χ1v) is 6.49. The van der Waals surface area contributed by atoms with E-state index >= 15 is 0 Å². The zero-order valence-electron chi connectivity index (χ0n) is 8.75. The average Bonchev–Trinajstić information content (AvgIpc) is 2.64. The molecule has 1 aromatic heterocycles. The normalized spacial score (nSPS) is 12.5. The molecular weight excluding hydrogens is 234 g/mol. The minimum atomic E-state index is -0.206. The number of carbonyl (C=O) groups is 1. The number of hydrogen-bond donors (Lipinski definition) is 1. The monoisotopic (exact) mass is 247 g/mol. The van der Waals surface area contributed by atoms with Crippen LogP contribution in [0.4, 0.5) is 0 Å². The van der Waals surface area contributed by atoms with E-state index in [-0.39, 0.29) is 22.9 Å². The molecule has 0 saturated heterocycles. The van der Waals surface area contributed by atoms with E-state index in [4.69, 9.17) is 16.0 Å². The summed E-state index contributed by atoms with van der Waals surface area (Å²) in [6.07, 6.45) is 2.92. The molecule has 1 amide bonds. The van der Waals surface area contributed by atoms with Gasteiger partial charge >= 0.3 is 0 Å². The first-order chi connectivity index (χ1) is 7.17. The molecule has 0 aromatic carbocycles. The van der Waals surface area contributed by atoms with Crippen molar-refractivity contribution in [3.63, 3.8) is 0 Å². The topological polar surface area (TPSA) is 42.2 Å². The van der Waals surface area contributed by atoms with Crippen LogP contribution in [0.5, 0.6) is 0 Å². The summed E-state index contributed by atoms with van der Waals surface area (Å²) in [6.45, 7) is 2.04. The van der Waals surface area contributed by atoms with Crippen molar-refractivity contribution in [3.05, 3.63) is 23.1 Å². The van der Waals surface area contributed by atoms with Crippen molar-refractivity contribution in [1.29, 1.82) is 0 Å². The Morgan fingerprint density at radius 3 is 2.87 bits per heavy atom. The summed E-state index contributed by atoms with van der Waals surface area (Å²) >= 11 is 7.29. The Balaban J connectivity index is 2.54. The first kappa shape index (κ1) is 12.5. The molecule has 1 heterocycles. The quantitative estimate of drug-likeness (QED) is 0.870. The van der Waals surface area contributed by atoms with Gasteiger partial charge in [0.15, 0.2) is 11.0 Å². The van der Waals surface area contributed by atoms with Gasteiger partial charge in [0.2, 0.25) is 0 Å². The van der Waals surface area contributed by atoms with Crippen LogP contribution in [-0.2, 0) is 0 Å². The highest BCUT2D eigenvalue weighted by Crippen LogP contribution is 2.13. The number of rotatable bonds is 5. The van der Waals surface area contributed by atoms with E-state index in [1.165, 1.54) is 0 Å². The maximum absolute atomic E-state index is 11.6. The van der Waals surface area contributed by atoms with Crippen molar-refractivity contribution >= 4 is 29.3 Å². The van der Waals surface area contributed by atoms with Crippen LogP contribution in [0.2, 0.25) is 5.22 Å². The summed E-state index contributed by atoms with van der Waals surface area (Å²) < 4.78 is 5.02. The number of halogens is 1. The summed E-state index contributed by atoms with van der Waals surface area (Å²) in [7, 11) is 0. The van der Waals surface area contributed by atoms with Gasteiger partial charge in [-0.15, -0.1) is 0 Å². The van der Waals surface area contributed by atoms with Crippen molar-refractivity contribution in [2.45, 2.75) is 19.4 Å². The minimum Gasteiger partial charge on any atom is -0.440 e. The van der Waals surface area contributed by atoms with Gasteiger partial charge < -0.3 is 9.73 Å². The van der Waals surface area contributed by atoms with Crippen LogP contribution >= 0.6 is 23.4 Å². The van der Waals surface area contributed by atoms with Gasteiger partial charge in [-0.2, -0.15) is 11.8 Å². The van der Waals surface area contributed by atoms with Gasteiger partial charge in [0.1, 0.15) is 0 Å². The fourth-order valence-electron chi connectivity index (χ4n) is 1.16. The van der Waals surface area contributed by atoms with Gasteiger partial charge in [0.05, 0.1) is 0 Å². The van der Waals surface area contributed by atoms with Crippen LogP contribution in [0.3, 0.4) is 0 Å². The molecule has 0 spiro atoms. The highest BCUT2D eigenvalue weighted by molar-refractivity contribution is 7.98. The Bertz CT molecular complexity index is 327. The average molecular weight is 248 g/mol. The number of nitrogens with one attached hydrogen (secondary N) is 1. The third-order valence-corrected chi connectivity index (χ3v) is 2.93. The third-order valence-electron chi connectivity index (χ3n) is 1.99. The van der Waals surface area contributed by atoms with Crippen molar-refractivity contribution in [2.24, 2.45) is 0 Å². The molecular formula is C10H14ClNO2S. The van der Waals surface area contributed by atoms with Crippen molar-refractivity contribution in [2.75, 3.05) is 12.0 Å². The molecule has 1 N–H and O–H groups in total. The Morgan fingerprint density at radius 1 is 1.67 bits per heavy atom. The van der Waals surface area contributed by atoms with E-state index in [1.54, 1.807) is 23.9 Å². The molecule has 84 valence electrons. The number of furan rings is 1. The second-order valence-electron chi connectivity index (χ2n) is 3.14. The second-order valence-corrected chi connectivity index (χ2v) is 4.42. The first-order valence-electron chi connectivity index (χ1n) is 4.72. The standard InChI is InChI=1S/C10H14ClNO2S/c1-3-7(6-15-2)12-10(13)8-4-5-9(11)14-8/h4-5,7H,3,6H2,1-2H3,(H,12,13). The molecule has 0 radical (unpaired) electrons. The zero-order chi connectivity index (χ0) is 11.3. The predicted octanol–water partition coefficient (Wildman–Crippen LogP) is 2.80. The molecule has 1 unspecified atom stereocenters. The van der Waals surface area contributed by atoms with Crippen molar-refractivity contribution in [1.82, 2.24) is 5.32 Å². The predicted molar refractivity (Wildman–Crippen MR) is 63.6 cm³/mol. The summed E-state index contributed by atoms with van der Waals surface area (Å²) in [5, 5.41) is 3.12. The molecule has 0 saturated carbocycles. The van der Waals surface area contributed by atoms with E-state index in [2.05, 4.69) is 5.32 Å². The molecule has 1 aromatic rings. The number of hydrogen-bond acceptors (Lipinski definition) is 3. The van der Waals surface area contributed by atoms with Crippen LogP contribution in [0.1, 0.15) is 23.9 Å². The fourth-order valence-corrected chi connectivity index (χ4v) is 2.02. The van der Waals surface area contributed by atoms with Crippen LogP contribution in [0.25, 0.3) is 0 Å². The number of thioether (sulfide) groups is 1. The summed E-state index contributed by atoms with van der Waals surface area (Å²) in [5.41, 5.74) is 0. The minimum absolute atomic E-state index is 0.177. The SMILES string of the molecule is CCC(CSC)NC(=O)c1ccc(Cl)o1. The summed E-state index contributed by atoms with van der Waals surface area (Å²) in [5.74, 6) is 0.957. The maximum atomic E-state index is 11.6.